The first-order valence-electron chi connectivity index (χ1n) is 11.7. The first-order chi connectivity index (χ1) is 16.5. The number of aromatic nitrogens is 1. The number of methoxy groups -OCH3 is 1. The van der Waals surface area contributed by atoms with Gasteiger partial charge in [-0.05, 0) is 42.8 Å². The van der Waals surface area contributed by atoms with Gasteiger partial charge in [0.15, 0.2) is 0 Å². The lowest BCUT2D eigenvalue weighted by molar-refractivity contribution is -0.133. The van der Waals surface area contributed by atoms with Gasteiger partial charge in [-0.2, -0.15) is 0 Å². The molecule has 34 heavy (non-hydrogen) atoms. The first kappa shape index (κ1) is 25.3. The van der Waals surface area contributed by atoms with Crippen molar-refractivity contribution in [2.24, 2.45) is 0 Å². The standard InChI is InChI=1S/C25H28N4O2S.C2H6/c1-18-22(26)12-13-29(25(18)32)23(19-6-4-3-5-7-19)24(30)28-16-14-27(15-17-28)20-8-10-21(31-2)11-9-20;1-2/h3-13,23H,14-17,26H2,1-2H3;1-2H3. The number of nitrogen functional groups attached to an aromatic ring is 1. The Morgan fingerprint density at radius 1 is 0.971 bits per heavy atom. The Labute approximate surface area is 207 Å². The average Bonchev–Trinajstić information content (AvgIpc) is 2.90. The fourth-order valence-electron chi connectivity index (χ4n) is 4.08. The third kappa shape index (κ3) is 5.42. The lowest BCUT2D eigenvalue weighted by Gasteiger charge is -2.38. The van der Waals surface area contributed by atoms with Crippen molar-refractivity contribution in [3.05, 3.63) is 82.6 Å². The van der Waals surface area contributed by atoms with Crippen LogP contribution in [0.1, 0.15) is 31.0 Å². The number of hydrogen-bond acceptors (Lipinski definition) is 5. The van der Waals surface area contributed by atoms with E-state index in [2.05, 4.69) is 17.0 Å². The van der Waals surface area contributed by atoms with Gasteiger partial charge in [0.1, 0.15) is 16.4 Å². The van der Waals surface area contributed by atoms with Crippen LogP contribution in [0.3, 0.4) is 0 Å². The maximum absolute atomic E-state index is 13.8. The van der Waals surface area contributed by atoms with Gasteiger partial charge in [-0.15, -0.1) is 0 Å². The smallest absolute Gasteiger partial charge is 0.250 e. The van der Waals surface area contributed by atoms with Gasteiger partial charge in [0, 0.05) is 49.3 Å². The number of carbonyl (C=O) groups is 1. The van der Waals surface area contributed by atoms with Crippen molar-refractivity contribution in [3.8, 4) is 5.75 Å². The van der Waals surface area contributed by atoms with Crippen LogP contribution in [0.2, 0.25) is 0 Å². The number of anilines is 2. The molecule has 2 aromatic carbocycles. The average molecular weight is 479 g/mol. The Morgan fingerprint density at radius 2 is 1.59 bits per heavy atom. The van der Waals surface area contributed by atoms with Crippen LogP contribution in [0.5, 0.6) is 5.75 Å². The highest BCUT2D eigenvalue weighted by molar-refractivity contribution is 7.71. The van der Waals surface area contributed by atoms with Gasteiger partial charge < -0.3 is 24.8 Å². The Morgan fingerprint density at radius 3 is 2.18 bits per heavy atom. The predicted octanol–water partition coefficient (Wildman–Crippen LogP) is 5.08. The van der Waals surface area contributed by atoms with Crippen molar-refractivity contribution < 1.29 is 9.53 Å². The zero-order valence-corrected chi connectivity index (χ0v) is 21.2. The molecule has 6 nitrogen and oxygen atoms in total. The minimum atomic E-state index is -0.518. The number of rotatable bonds is 5. The van der Waals surface area contributed by atoms with E-state index in [1.165, 1.54) is 0 Å². The van der Waals surface area contributed by atoms with E-state index in [-0.39, 0.29) is 5.91 Å². The Kier molecular flexibility index (Phi) is 8.71. The number of nitrogens with zero attached hydrogens (tertiary/aromatic N) is 3. The third-order valence-electron chi connectivity index (χ3n) is 6.06. The highest BCUT2D eigenvalue weighted by Gasteiger charge is 2.30. The van der Waals surface area contributed by atoms with E-state index >= 15 is 0 Å². The van der Waals surface area contributed by atoms with Crippen LogP contribution in [-0.2, 0) is 4.79 Å². The molecule has 180 valence electrons. The van der Waals surface area contributed by atoms with Crippen molar-refractivity contribution in [2.45, 2.75) is 26.8 Å². The number of piperazine rings is 1. The summed E-state index contributed by atoms with van der Waals surface area (Å²) in [5, 5.41) is 0. The van der Waals surface area contributed by atoms with Crippen molar-refractivity contribution >= 4 is 29.5 Å². The number of nitrogens with two attached hydrogens (primary N) is 1. The second kappa shape index (κ2) is 11.7. The molecule has 0 saturated carbocycles. The second-order valence-electron chi connectivity index (χ2n) is 7.93. The minimum Gasteiger partial charge on any atom is -0.497 e. The number of ether oxygens (including phenoxy) is 1. The zero-order valence-electron chi connectivity index (χ0n) is 20.4. The number of benzene rings is 2. The van der Waals surface area contributed by atoms with Crippen LogP contribution in [0.25, 0.3) is 0 Å². The van der Waals surface area contributed by atoms with E-state index in [1.54, 1.807) is 7.11 Å². The van der Waals surface area contributed by atoms with E-state index in [4.69, 9.17) is 22.7 Å². The maximum atomic E-state index is 13.8. The maximum Gasteiger partial charge on any atom is 0.250 e. The summed E-state index contributed by atoms with van der Waals surface area (Å²) in [7, 11) is 1.66. The van der Waals surface area contributed by atoms with Crippen molar-refractivity contribution in [3.63, 3.8) is 0 Å². The predicted molar refractivity (Wildman–Crippen MR) is 142 cm³/mol. The molecule has 1 aliphatic rings. The summed E-state index contributed by atoms with van der Waals surface area (Å²) < 4.78 is 7.71. The number of amides is 1. The van der Waals surface area contributed by atoms with Crippen molar-refractivity contribution in [1.29, 1.82) is 0 Å². The van der Waals surface area contributed by atoms with Gasteiger partial charge >= 0.3 is 0 Å². The molecule has 2 N–H and O–H groups in total. The summed E-state index contributed by atoms with van der Waals surface area (Å²) in [6.45, 7) is 8.73. The summed E-state index contributed by atoms with van der Waals surface area (Å²) in [5.74, 6) is 0.884. The van der Waals surface area contributed by atoms with Gasteiger partial charge in [-0.1, -0.05) is 56.4 Å². The molecule has 3 aromatic rings. The number of carbonyl (C=O) groups excluding carboxylic acids is 1. The summed E-state index contributed by atoms with van der Waals surface area (Å²) in [4.78, 5) is 18.0. The molecular formula is C27H34N4O2S. The van der Waals surface area contributed by atoms with Gasteiger partial charge in [-0.25, -0.2) is 0 Å². The highest BCUT2D eigenvalue weighted by Crippen LogP contribution is 2.26. The van der Waals surface area contributed by atoms with Gasteiger partial charge in [-0.3, -0.25) is 4.79 Å². The molecule has 1 aliphatic heterocycles. The van der Waals surface area contributed by atoms with E-state index < -0.39 is 6.04 Å². The molecule has 2 heterocycles. The molecule has 0 radical (unpaired) electrons. The van der Waals surface area contributed by atoms with Gasteiger partial charge in [0.2, 0.25) is 5.91 Å². The molecule has 1 atom stereocenters. The van der Waals surface area contributed by atoms with Crippen molar-refractivity contribution in [2.75, 3.05) is 43.9 Å². The Hall–Kier alpha value is -3.32. The molecule has 1 amide bonds. The van der Waals surface area contributed by atoms with E-state index in [9.17, 15) is 4.79 Å². The summed E-state index contributed by atoms with van der Waals surface area (Å²) in [5.41, 5.74) is 9.55. The van der Waals surface area contributed by atoms with Gasteiger partial charge in [0.05, 0.1) is 7.11 Å². The normalized spacial score (nSPS) is 14.1. The molecule has 0 spiro atoms. The molecule has 0 bridgehead atoms. The zero-order chi connectivity index (χ0) is 24.7. The number of pyridine rings is 1. The summed E-state index contributed by atoms with van der Waals surface area (Å²) in [6, 6.07) is 19.1. The van der Waals surface area contributed by atoms with E-state index in [0.29, 0.717) is 23.4 Å². The van der Waals surface area contributed by atoms with Crippen LogP contribution in [0.15, 0.2) is 66.9 Å². The SMILES string of the molecule is CC.COc1ccc(N2CCN(C(=O)C(c3ccccc3)n3ccc(N)c(C)c3=S)CC2)cc1. The second-order valence-corrected chi connectivity index (χ2v) is 8.32. The van der Waals surface area contributed by atoms with E-state index in [0.717, 1.165) is 35.7 Å². The molecule has 1 unspecified atom stereocenters. The molecule has 1 saturated heterocycles. The number of hydrogen-bond donors (Lipinski definition) is 1. The molecular weight excluding hydrogens is 444 g/mol. The molecule has 1 aromatic heterocycles. The monoisotopic (exact) mass is 478 g/mol. The summed E-state index contributed by atoms with van der Waals surface area (Å²) >= 11 is 5.67. The lowest BCUT2D eigenvalue weighted by atomic mass is 10.0. The largest absolute Gasteiger partial charge is 0.497 e. The highest BCUT2D eigenvalue weighted by atomic mass is 32.1. The van der Waals surface area contributed by atoms with Crippen LogP contribution >= 0.6 is 12.2 Å². The molecule has 0 aliphatic carbocycles. The van der Waals surface area contributed by atoms with Gasteiger partial charge in [0.25, 0.3) is 0 Å². The fraction of sp³-hybridized carbons (Fsp3) is 0.333. The van der Waals surface area contributed by atoms with Crippen LogP contribution in [-0.4, -0.2) is 48.7 Å². The van der Waals surface area contributed by atoms with Crippen molar-refractivity contribution in [1.82, 2.24) is 9.47 Å². The fourth-order valence-corrected chi connectivity index (χ4v) is 4.37. The third-order valence-corrected chi connectivity index (χ3v) is 6.58. The first-order valence-corrected chi connectivity index (χ1v) is 12.1. The van der Waals surface area contributed by atoms with E-state index in [1.807, 2.05) is 85.0 Å². The Bertz CT molecular complexity index is 1140. The molecule has 1 fully saturated rings. The van der Waals surface area contributed by atoms with Crippen LogP contribution < -0.4 is 15.4 Å². The molecule has 4 rings (SSSR count). The Balaban J connectivity index is 0.00000158. The lowest BCUT2D eigenvalue weighted by Crippen LogP contribution is -2.50. The van der Waals surface area contributed by atoms with Crippen LogP contribution in [0.4, 0.5) is 11.4 Å². The quantitative estimate of drug-likeness (QED) is 0.518. The summed E-state index contributed by atoms with van der Waals surface area (Å²) in [6.07, 6.45) is 1.83. The molecule has 7 heteroatoms. The topological polar surface area (TPSA) is 63.7 Å². The van der Waals surface area contributed by atoms with Crippen LogP contribution in [0, 0.1) is 11.6 Å². The minimum absolute atomic E-state index is 0.0471.